The van der Waals surface area contributed by atoms with Crippen molar-refractivity contribution in [2.75, 3.05) is 58.0 Å². The first-order valence-electron chi connectivity index (χ1n) is 22.9. The van der Waals surface area contributed by atoms with Crippen molar-refractivity contribution < 1.29 is 62.3 Å². The molecule has 3 aliphatic rings. The quantitative estimate of drug-likeness (QED) is 0.0395. The Labute approximate surface area is 417 Å². The number of amides is 3. The first kappa shape index (κ1) is 49.0. The number of hydrogen-bond acceptors (Lipinski definition) is 16. The van der Waals surface area contributed by atoms with Crippen LogP contribution in [0.2, 0.25) is 0 Å². The molecule has 2 fully saturated rings. The van der Waals surface area contributed by atoms with Crippen LogP contribution in [0.3, 0.4) is 0 Å². The molecule has 6 atom stereocenters. The number of rotatable bonds is 14. The Morgan fingerprint density at radius 3 is 2.19 bits per heavy atom. The van der Waals surface area contributed by atoms with E-state index in [2.05, 4.69) is 17.2 Å². The summed E-state index contributed by atoms with van der Waals surface area (Å²) >= 11 is 1.19. The number of imide groups is 1. The van der Waals surface area contributed by atoms with Crippen LogP contribution < -0.4 is 15.0 Å². The number of hydrogen-bond donors (Lipinski definition) is 2. The number of methoxy groups -OCH3 is 3. The molecule has 3 amide bonds. The number of aliphatic hydroxyl groups is 1. The van der Waals surface area contributed by atoms with Crippen molar-refractivity contribution >= 4 is 68.2 Å². The number of nitrogens with zero attached hydrogens (tertiary/aromatic N) is 3. The monoisotopic (exact) mass is 992 g/mol. The average Bonchev–Trinajstić information content (AvgIpc) is 4.05. The Hall–Kier alpha value is -7.95. The van der Waals surface area contributed by atoms with Crippen LogP contribution in [-0.4, -0.2) is 105 Å². The molecule has 0 aliphatic carbocycles. The molecule has 0 saturated carbocycles. The second-order valence-corrected chi connectivity index (χ2v) is 18.0. The number of benzene rings is 5. The highest BCUT2D eigenvalue weighted by Gasteiger charge is 2.76. The molecule has 2 N–H and O–H groups in total. The minimum Gasteiger partial charge on any atom is -0.491 e. The molecular formula is C54H48N4O13S. The lowest BCUT2D eigenvalue weighted by Crippen LogP contribution is -2.54. The van der Waals surface area contributed by atoms with E-state index >= 15 is 14.4 Å². The third-order valence-corrected chi connectivity index (χ3v) is 14.0. The number of carbonyl (C=O) groups is 6. The summed E-state index contributed by atoms with van der Waals surface area (Å²) in [5.41, 5.74) is 0.331. The molecule has 72 heavy (non-hydrogen) atoms. The fourth-order valence-corrected chi connectivity index (χ4v) is 11.0. The van der Waals surface area contributed by atoms with E-state index in [1.54, 1.807) is 36.4 Å². The highest BCUT2D eigenvalue weighted by Crippen LogP contribution is 2.67. The third kappa shape index (κ3) is 8.81. The molecule has 2 saturated heterocycles. The van der Waals surface area contributed by atoms with E-state index in [1.165, 1.54) is 30.6 Å². The molecule has 1 spiro atoms. The number of carbonyl (C=O) groups excluding carboxylic acids is 6. The SMILES string of the molecule is COCCOC(=O)N1C(=O)[C@@]2(c3cc(C#CCC(C(=O)OC)C(=O)OC)ccc31)[C@H](C(=O)Nc1nc3ccccc3s1)[C@H]1C(=O)O[C@H](c3ccccc3)[C@H](c3ccccc3)N1[C@@H]2c1ccccc1OCCO. The number of ether oxygens (including phenoxy) is 6. The van der Waals surface area contributed by atoms with Gasteiger partial charge in [-0.1, -0.05) is 114 Å². The molecule has 0 bridgehead atoms. The smallest absolute Gasteiger partial charge is 0.421 e. The highest BCUT2D eigenvalue weighted by atomic mass is 32.1. The van der Waals surface area contributed by atoms with Gasteiger partial charge in [0.25, 0.3) is 0 Å². The van der Waals surface area contributed by atoms with Gasteiger partial charge < -0.3 is 38.8 Å². The summed E-state index contributed by atoms with van der Waals surface area (Å²) in [6.45, 7) is -0.800. The van der Waals surface area contributed by atoms with E-state index in [9.17, 15) is 19.5 Å². The predicted molar refractivity (Wildman–Crippen MR) is 261 cm³/mol. The van der Waals surface area contributed by atoms with Crippen LogP contribution in [-0.2, 0) is 53.1 Å². The van der Waals surface area contributed by atoms with Crippen molar-refractivity contribution in [3.63, 3.8) is 0 Å². The number of morpholine rings is 1. The van der Waals surface area contributed by atoms with Crippen molar-refractivity contribution in [1.29, 1.82) is 0 Å². The van der Waals surface area contributed by atoms with Gasteiger partial charge in [0.1, 0.15) is 36.5 Å². The van der Waals surface area contributed by atoms with Gasteiger partial charge in [-0.3, -0.25) is 28.9 Å². The van der Waals surface area contributed by atoms with Crippen LogP contribution in [0.4, 0.5) is 15.6 Å². The van der Waals surface area contributed by atoms with Gasteiger partial charge in [-0.25, -0.2) is 14.7 Å². The summed E-state index contributed by atoms with van der Waals surface area (Å²) in [5, 5.41) is 13.3. The number of esters is 3. The average molecular weight is 993 g/mol. The van der Waals surface area contributed by atoms with Crippen molar-refractivity contribution in [3.8, 4) is 17.6 Å². The fourth-order valence-electron chi connectivity index (χ4n) is 10.1. The van der Waals surface area contributed by atoms with E-state index in [0.29, 0.717) is 22.2 Å². The van der Waals surface area contributed by atoms with Crippen molar-refractivity contribution in [3.05, 3.63) is 155 Å². The van der Waals surface area contributed by atoms with Gasteiger partial charge >= 0.3 is 24.0 Å². The maximum atomic E-state index is 16.6. The molecule has 18 heteroatoms. The summed E-state index contributed by atoms with van der Waals surface area (Å²) in [5.74, 6) is -1.28. The summed E-state index contributed by atoms with van der Waals surface area (Å²) in [6.07, 6.45) is -2.42. The molecule has 3 aliphatic heterocycles. The minimum atomic E-state index is -2.25. The lowest BCUT2D eigenvalue weighted by molar-refractivity contribution is -0.178. The van der Waals surface area contributed by atoms with Gasteiger partial charge in [0.15, 0.2) is 11.0 Å². The van der Waals surface area contributed by atoms with Crippen LogP contribution in [0.1, 0.15) is 52.4 Å². The lowest BCUT2D eigenvalue weighted by Gasteiger charge is -2.46. The lowest BCUT2D eigenvalue weighted by atomic mass is 9.65. The largest absolute Gasteiger partial charge is 0.491 e. The fraction of sp³-hybridized carbons (Fsp3) is 0.278. The molecule has 5 aromatic carbocycles. The first-order valence-corrected chi connectivity index (χ1v) is 23.7. The molecule has 17 nitrogen and oxygen atoms in total. The number of aliphatic hydroxyl groups excluding tert-OH is 1. The molecule has 0 radical (unpaired) electrons. The van der Waals surface area contributed by atoms with E-state index < -0.39 is 77.3 Å². The molecule has 0 unspecified atom stereocenters. The zero-order valence-electron chi connectivity index (χ0n) is 39.2. The maximum absolute atomic E-state index is 16.6. The Balaban J connectivity index is 1.36. The number of nitrogens with one attached hydrogen (secondary N) is 1. The summed E-state index contributed by atoms with van der Waals surface area (Å²) in [6, 6.07) is 33.2. The van der Waals surface area contributed by atoms with E-state index in [0.717, 1.165) is 23.8 Å². The van der Waals surface area contributed by atoms with E-state index in [-0.39, 0.29) is 60.5 Å². The van der Waals surface area contributed by atoms with Gasteiger partial charge in [0.05, 0.1) is 61.3 Å². The Kier molecular flexibility index (Phi) is 14.4. The molecular weight excluding hydrogens is 945 g/mol. The minimum absolute atomic E-state index is 0.00877. The van der Waals surface area contributed by atoms with Crippen molar-refractivity contribution in [2.24, 2.45) is 11.8 Å². The number of thiazole rings is 1. The van der Waals surface area contributed by atoms with Gasteiger partial charge in [0.2, 0.25) is 11.8 Å². The van der Waals surface area contributed by atoms with Gasteiger partial charge in [-0.15, -0.1) is 0 Å². The Morgan fingerprint density at radius 1 is 0.819 bits per heavy atom. The van der Waals surface area contributed by atoms with Crippen LogP contribution in [0, 0.1) is 23.7 Å². The van der Waals surface area contributed by atoms with Crippen LogP contribution >= 0.6 is 11.3 Å². The van der Waals surface area contributed by atoms with Crippen LogP contribution in [0.15, 0.2) is 127 Å². The van der Waals surface area contributed by atoms with Crippen LogP contribution in [0.5, 0.6) is 5.75 Å². The second-order valence-electron chi connectivity index (χ2n) is 16.9. The van der Waals surface area contributed by atoms with Gasteiger partial charge in [-0.05, 0) is 53.1 Å². The number of para-hydroxylation sites is 2. The number of aromatic nitrogens is 1. The first-order chi connectivity index (χ1) is 35.1. The Bertz CT molecular complexity index is 3050. The molecule has 368 valence electrons. The van der Waals surface area contributed by atoms with Gasteiger partial charge in [0, 0.05) is 24.7 Å². The molecule has 6 aromatic rings. The summed E-state index contributed by atoms with van der Waals surface area (Å²) in [7, 11) is 3.70. The number of fused-ring (bicyclic) bond motifs is 4. The van der Waals surface area contributed by atoms with Crippen molar-refractivity contribution in [2.45, 2.75) is 36.1 Å². The van der Waals surface area contributed by atoms with E-state index in [1.807, 2.05) is 83.8 Å². The zero-order valence-corrected chi connectivity index (χ0v) is 40.0. The highest BCUT2D eigenvalue weighted by molar-refractivity contribution is 7.22. The number of anilines is 2. The second kappa shape index (κ2) is 21.2. The standard InChI is InChI=1S/C54H48N4O13S/c1-66-29-30-70-53(65)57-39-26-25-32(15-14-21-36(48(61)67-2)49(62)68-3)31-37(39)54(51(57)64)42(47(60)56-52-55-38-22-11-13-24-41(38)72-52)44-50(63)71-45(34-18-8-5-9-19-34)43(33-16-6-4-7-17-33)58(44)46(54)35-20-10-12-23-40(35)69-28-27-59/h4-13,16-20,22-26,31,36,42-46,59H,21,27-30H2,1-3H3,(H,55,56,60)/t42-,43-,44-,45+,46+,54-/m0/s1. The zero-order chi connectivity index (χ0) is 50.5. The third-order valence-electron chi connectivity index (χ3n) is 13.0. The van der Waals surface area contributed by atoms with E-state index in [4.69, 9.17) is 33.4 Å². The topological polar surface area (TPSA) is 209 Å². The maximum Gasteiger partial charge on any atom is 0.421 e. The molecule has 1 aromatic heterocycles. The molecule has 9 rings (SSSR count). The Morgan fingerprint density at radius 2 is 1.50 bits per heavy atom. The predicted octanol–water partition coefficient (Wildman–Crippen LogP) is 6.46. The normalized spacial score (nSPS) is 21.1. The van der Waals surface area contributed by atoms with Crippen LogP contribution in [0.25, 0.3) is 10.2 Å². The molecule has 4 heterocycles. The summed E-state index contributed by atoms with van der Waals surface area (Å²) in [4.78, 5) is 95.4. The van der Waals surface area contributed by atoms with Crippen molar-refractivity contribution in [1.82, 2.24) is 9.88 Å². The number of cyclic esters (lactones) is 1. The summed E-state index contributed by atoms with van der Waals surface area (Å²) < 4.78 is 34.2. The van der Waals surface area contributed by atoms with Gasteiger partial charge in [-0.2, -0.15) is 0 Å².